The van der Waals surface area contributed by atoms with Crippen molar-refractivity contribution < 1.29 is 9.47 Å². The molecule has 6 heteroatoms. The van der Waals surface area contributed by atoms with Gasteiger partial charge in [-0.05, 0) is 36.8 Å². The smallest absolute Gasteiger partial charge is 0.187 e. The highest BCUT2D eigenvalue weighted by atomic mass is 32.1. The summed E-state index contributed by atoms with van der Waals surface area (Å²) < 4.78 is 10.6. The quantitative estimate of drug-likeness (QED) is 0.479. The van der Waals surface area contributed by atoms with Crippen LogP contribution in [0.3, 0.4) is 0 Å². The van der Waals surface area contributed by atoms with Crippen LogP contribution in [0.25, 0.3) is 0 Å². The van der Waals surface area contributed by atoms with Crippen LogP contribution >= 0.6 is 12.2 Å². The molecule has 0 aliphatic heterocycles. The van der Waals surface area contributed by atoms with Crippen molar-refractivity contribution in [2.75, 3.05) is 14.2 Å². The van der Waals surface area contributed by atoms with E-state index in [9.17, 15) is 0 Å². The molecule has 0 aliphatic rings. The summed E-state index contributed by atoms with van der Waals surface area (Å²) in [5.74, 6) is 1.35. The van der Waals surface area contributed by atoms with E-state index in [2.05, 4.69) is 15.8 Å². The molecule has 126 valence electrons. The summed E-state index contributed by atoms with van der Waals surface area (Å²) in [5, 5.41) is 7.79. The van der Waals surface area contributed by atoms with Crippen LogP contribution in [-0.2, 0) is 0 Å². The monoisotopic (exact) mass is 343 g/mol. The molecular formula is C18H21N3O2S. The third kappa shape index (κ3) is 4.70. The van der Waals surface area contributed by atoms with E-state index in [1.165, 1.54) is 0 Å². The van der Waals surface area contributed by atoms with Crippen LogP contribution in [0.4, 0.5) is 0 Å². The van der Waals surface area contributed by atoms with Crippen molar-refractivity contribution in [3.63, 3.8) is 0 Å². The zero-order valence-electron chi connectivity index (χ0n) is 13.9. The van der Waals surface area contributed by atoms with E-state index in [-0.39, 0.29) is 6.04 Å². The van der Waals surface area contributed by atoms with Crippen LogP contribution in [-0.4, -0.2) is 25.5 Å². The van der Waals surface area contributed by atoms with E-state index < -0.39 is 0 Å². The molecule has 2 rings (SSSR count). The first kappa shape index (κ1) is 17.7. The van der Waals surface area contributed by atoms with Crippen molar-refractivity contribution >= 4 is 23.5 Å². The average molecular weight is 343 g/mol. The maximum atomic E-state index is 5.32. The maximum absolute atomic E-state index is 5.32. The Morgan fingerprint density at radius 3 is 2.25 bits per heavy atom. The van der Waals surface area contributed by atoms with Crippen molar-refractivity contribution in [1.29, 1.82) is 0 Å². The van der Waals surface area contributed by atoms with Gasteiger partial charge in [0.05, 0.1) is 32.0 Å². The fourth-order valence-corrected chi connectivity index (χ4v) is 2.45. The topological polar surface area (TPSA) is 54.9 Å². The molecule has 5 nitrogen and oxygen atoms in total. The second-order valence-electron chi connectivity index (χ2n) is 5.05. The van der Waals surface area contributed by atoms with Crippen molar-refractivity contribution in [2.45, 2.75) is 13.0 Å². The molecule has 0 radical (unpaired) electrons. The Hall–Kier alpha value is -2.60. The molecule has 1 atom stereocenters. The van der Waals surface area contributed by atoms with Gasteiger partial charge >= 0.3 is 0 Å². The highest BCUT2D eigenvalue weighted by Gasteiger charge is 2.08. The van der Waals surface area contributed by atoms with Crippen LogP contribution in [0.5, 0.6) is 11.5 Å². The normalized spacial score (nSPS) is 11.8. The lowest BCUT2D eigenvalue weighted by atomic mass is 10.1. The molecule has 0 bridgehead atoms. The van der Waals surface area contributed by atoms with Crippen molar-refractivity contribution in [1.82, 2.24) is 10.7 Å². The average Bonchev–Trinajstić information content (AvgIpc) is 2.62. The maximum Gasteiger partial charge on any atom is 0.187 e. The summed E-state index contributed by atoms with van der Waals surface area (Å²) in [6, 6.07) is 15.7. The third-order valence-corrected chi connectivity index (χ3v) is 3.68. The number of benzene rings is 2. The molecule has 0 unspecified atom stereocenters. The van der Waals surface area contributed by atoms with Crippen LogP contribution in [0.1, 0.15) is 24.1 Å². The van der Waals surface area contributed by atoms with E-state index in [0.29, 0.717) is 16.6 Å². The highest BCUT2D eigenvalue weighted by molar-refractivity contribution is 7.80. The Morgan fingerprint density at radius 2 is 1.67 bits per heavy atom. The number of hydrazone groups is 1. The number of methoxy groups -OCH3 is 2. The molecule has 24 heavy (non-hydrogen) atoms. The van der Waals surface area contributed by atoms with E-state index in [1.54, 1.807) is 20.4 Å². The van der Waals surface area contributed by atoms with Gasteiger partial charge in [0.25, 0.3) is 0 Å². The van der Waals surface area contributed by atoms with Gasteiger partial charge in [-0.15, -0.1) is 0 Å². The van der Waals surface area contributed by atoms with Gasteiger partial charge in [-0.1, -0.05) is 36.4 Å². The molecule has 0 amide bonds. The predicted octanol–water partition coefficient (Wildman–Crippen LogP) is 3.26. The molecular weight excluding hydrogens is 322 g/mol. The fraction of sp³-hybridized carbons (Fsp3) is 0.222. The standard InChI is InChI=1S/C18H21N3O2S/c1-13(14-8-5-4-6-9-14)20-18(24)21-19-12-15-16(22-2)10-7-11-17(15)23-3/h4-13H,1-3H3,(H2,20,21,24)/b19-12-/t13-/m1/s1. The first-order valence-corrected chi connectivity index (χ1v) is 7.92. The number of nitrogens with zero attached hydrogens (tertiary/aromatic N) is 1. The van der Waals surface area contributed by atoms with Crippen LogP contribution < -0.4 is 20.2 Å². The number of hydrogen-bond acceptors (Lipinski definition) is 4. The summed E-state index contributed by atoms with van der Waals surface area (Å²) in [6.07, 6.45) is 1.62. The van der Waals surface area contributed by atoms with Crippen LogP contribution in [0.15, 0.2) is 53.6 Å². The molecule has 2 N–H and O–H groups in total. The van der Waals surface area contributed by atoms with Gasteiger partial charge in [0, 0.05) is 0 Å². The summed E-state index contributed by atoms with van der Waals surface area (Å²) in [6.45, 7) is 2.04. The molecule has 0 spiro atoms. The van der Waals surface area contributed by atoms with E-state index >= 15 is 0 Å². The Morgan fingerprint density at radius 1 is 1.04 bits per heavy atom. The highest BCUT2D eigenvalue weighted by Crippen LogP contribution is 2.26. The SMILES string of the molecule is COc1cccc(OC)c1/C=N\NC(=S)N[C@H](C)c1ccccc1. The second kappa shape index (κ2) is 8.88. The zero-order valence-corrected chi connectivity index (χ0v) is 14.8. The van der Waals surface area contributed by atoms with E-state index in [4.69, 9.17) is 21.7 Å². The lowest BCUT2D eigenvalue weighted by Gasteiger charge is -2.15. The molecule has 0 heterocycles. The summed E-state index contributed by atoms with van der Waals surface area (Å²) in [5.41, 5.74) is 4.71. The first-order chi connectivity index (χ1) is 11.7. The van der Waals surface area contributed by atoms with Gasteiger partial charge in [-0.3, -0.25) is 5.43 Å². The Labute approximate surface area is 147 Å². The van der Waals surface area contributed by atoms with Gasteiger partial charge in [-0.25, -0.2) is 0 Å². The van der Waals surface area contributed by atoms with Gasteiger partial charge in [-0.2, -0.15) is 5.10 Å². The van der Waals surface area contributed by atoms with Gasteiger partial charge in [0.1, 0.15) is 11.5 Å². The van der Waals surface area contributed by atoms with Crippen molar-refractivity contribution in [3.05, 3.63) is 59.7 Å². The lowest BCUT2D eigenvalue weighted by Crippen LogP contribution is -2.34. The van der Waals surface area contributed by atoms with Gasteiger partial charge in [0.2, 0.25) is 0 Å². The molecule has 0 aromatic heterocycles. The Balaban J connectivity index is 1.98. The minimum atomic E-state index is 0.0854. The second-order valence-corrected chi connectivity index (χ2v) is 5.46. The largest absolute Gasteiger partial charge is 0.496 e. The minimum Gasteiger partial charge on any atom is -0.496 e. The van der Waals surface area contributed by atoms with Crippen LogP contribution in [0, 0.1) is 0 Å². The lowest BCUT2D eigenvalue weighted by molar-refractivity contribution is 0.393. The van der Waals surface area contributed by atoms with Crippen LogP contribution in [0.2, 0.25) is 0 Å². The van der Waals surface area contributed by atoms with Crippen molar-refractivity contribution in [3.8, 4) is 11.5 Å². The van der Waals surface area contributed by atoms with Gasteiger partial charge in [0.15, 0.2) is 5.11 Å². The molecule has 0 saturated heterocycles. The summed E-state index contributed by atoms with van der Waals surface area (Å²) in [4.78, 5) is 0. The third-order valence-electron chi connectivity index (χ3n) is 3.47. The number of ether oxygens (including phenoxy) is 2. The van der Waals surface area contributed by atoms with Crippen molar-refractivity contribution in [2.24, 2.45) is 5.10 Å². The van der Waals surface area contributed by atoms with E-state index in [0.717, 1.165) is 11.1 Å². The summed E-state index contributed by atoms with van der Waals surface area (Å²) >= 11 is 5.27. The summed E-state index contributed by atoms with van der Waals surface area (Å²) in [7, 11) is 3.21. The van der Waals surface area contributed by atoms with Gasteiger partial charge < -0.3 is 14.8 Å². The minimum absolute atomic E-state index is 0.0854. The molecule has 0 aliphatic carbocycles. The molecule has 2 aromatic rings. The number of hydrogen-bond donors (Lipinski definition) is 2. The molecule has 0 saturated carbocycles. The predicted molar refractivity (Wildman–Crippen MR) is 101 cm³/mol. The molecule has 0 fully saturated rings. The fourth-order valence-electron chi connectivity index (χ4n) is 2.22. The Bertz CT molecular complexity index is 682. The Kier molecular flexibility index (Phi) is 6.57. The van der Waals surface area contributed by atoms with E-state index in [1.807, 2.05) is 55.5 Å². The zero-order chi connectivity index (χ0) is 17.4. The first-order valence-electron chi connectivity index (χ1n) is 7.51. The number of nitrogens with one attached hydrogen (secondary N) is 2. The number of thiocarbonyl (C=S) groups is 1. The molecule has 2 aromatic carbocycles. The number of rotatable bonds is 6.